The number of hydrogen-bond acceptors (Lipinski definition) is 4. The van der Waals surface area contributed by atoms with Crippen molar-refractivity contribution in [2.75, 3.05) is 16.8 Å². The Kier molecular flexibility index (Phi) is 4.21. The van der Waals surface area contributed by atoms with Gasteiger partial charge in [-0.1, -0.05) is 54.6 Å². The van der Waals surface area contributed by atoms with Crippen molar-refractivity contribution in [1.82, 2.24) is 10.2 Å². The van der Waals surface area contributed by atoms with Gasteiger partial charge in [0, 0.05) is 46.7 Å². The number of aryl methyl sites for hydroxylation is 1. The number of Topliss-reactive ketones (excluding diaryl/α,β-unsaturated/α-hetero) is 1. The van der Waals surface area contributed by atoms with Gasteiger partial charge in [-0.25, -0.2) is 0 Å². The number of anilines is 2. The first-order valence-electron chi connectivity index (χ1n) is 11.2. The highest BCUT2D eigenvalue weighted by Crippen LogP contribution is 2.58. The molecule has 2 aromatic carbocycles. The summed E-state index contributed by atoms with van der Waals surface area (Å²) < 4.78 is 0. The highest BCUT2D eigenvalue weighted by Gasteiger charge is 2.61. The van der Waals surface area contributed by atoms with Crippen molar-refractivity contribution in [2.45, 2.75) is 31.1 Å². The first kappa shape index (κ1) is 19.7. The average molecular weight is 437 g/mol. The van der Waals surface area contributed by atoms with Crippen LogP contribution in [0.2, 0.25) is 0 Å². The number of hydrogen-bond donors (Lipinski definition) is 2. The van der Waals surface area contributed by atoms with E-state index in [-0.39, 0.29) is 17.6 Å². The van der Waals surface area contributed by atoms with Crippen LogP contribution >= 0.6 is 0 Å². The third kappa shape index (κ3) is 2.52. The second kappa shape index (κ2) is 7.04. The SMILES string of the molecule is C=CCN1C(=O)C2(C3=C(CC(c4ccccc4)CC3=O)Nc3n[nH]c(C)c32)c2ccccc21. The minimum Gasteiger partial charge on any atom is -0.342 e. The monoisotopic (exact) mass is 436 g/mol. The fourth-order valence-electron chi connectivity index (χ4n) is 5.92. The first-order chi connectivity index (χ1) is 16.1. The van der Waals surface area contributed by atoms with E-state index in [0.29, 0.717) is 30.8 Å². The number of aromatic nitrogens is 2. The van der Waals surface area contributed by atoms with E-state index in [2.05, 4.69) is 34.2 Å². The highest BCUT2D eigenvalue weighted by molar-refractivity contribution is 6.21. The van der Waals surface area contributed by atoms with Gasteiger partial charge in [0.2, 0.25) is 5.91 Å². The number of nitrogens with one attached hydrogen (secondary N) is 2. The van der Waals surface area contributed by atoms with Gasteiger partial charge in [0.15, 0.2) is 11.6 Å². The number of benzene rings is 2. The largest absolute Gasteiger partial charge is 0.342 e. The normalized spacial score (nSPS) is 23.3. The van der Waals surface area contributed by atoms with Crippen LogP contribution in [0.15, 0.2) is 78.5 Å². The zero-order valence-corrected chi connectivity index (χ0v) is 18.4. The lowest BCUT2D eigenvalue weighted by Crippen LogP contribution is -2.49. The maximum absolute atomic E-state index is 14.3. The number of carbonyl (C=O) groups excluding carboxylic acids is 2. The smallest absolute Gasteiger partial charge is 0.247 e. The number of fused-ring (bicyclic) bond motifs is 5. The summed E-state index contributed by atoms with van der Waals surface area (Å²) in [6.07, 6.45) is 2.74. The number of para-hydroxylation sites is 1. The van der Waals surface area contributed by atoms with E-state index in [1.807, 2.05) is 49.4 Å². The lowest BCUT2D eigenvalue weighted by Gasteiger charge is -2.40. The second-order valence-electron chi connectivity index (χ2n) is 8.96. The molecule has 2 N–H and O–H groups in total. The molecule has 6 nitrogen and oxygen atoms in total. The van der Waals surface area contributed by atoms with E-state index in [4.69, 9.17) is 0 Å². The Bertz CT molecular complexity index is 1350. The molecule has 0 bridgehead atoms. The first-order valence-corrected chi connectivity index (χ1v) is 11.2. The van der Waals surface area contributed by atoms with Crippen molar-refractivity contribution < 1.29 is 9.59 Å². The van der Waals surface area contributed by atoms with Gasteiger partial charge in [-0.2, -0.15) is 5.10 Å². The molecule has 2 atom stereocenters. The van der Waals surface area contributed by atoms with Gasteiger partial charge in [-0.15, -0.1) is 6.58 Å². The summed E-state index contributed by atoms with van der Waals surface area (Å²) in [5.41, 5.74) is 4.47. The molecule has 3 aromatic rings. The maximum Gasteiger partial charge on any atom is 0.247 e. The van der Waals surface area contributed by atoms with Gasteiger partial charge >= 0.3 is 0 Å². The highest BCUT2D eigenvalue weighted by atomic mass is 16.2. The molecule has 2 unspecified atom stereocenters. The number of carbonyl (C=O) groups is 2. The minimum absolute atomic E-state index is 0.00691. The number of rotatable bonds is 3. The third-order valence-electron chi connectivity index (χ3n) is 7.18. The number of aromatic amines is 1. The number of allylic oxidation sites excluding steroid dienone is 1. The van der Waals surface area contributed by atoms with Gasteiger partial charge in [-0.3, -0.25) is 14.7 Å². The zero-order chi connectivity index (χ0) is 22.7. The molecule has 6 heteroatoms. The molecule has 164 valence electrons. The van der Waals surface area contributed by atoms with E-state index >= 15 is 0 Å². The molecule has 1 aromatic heterocycles. The van der Waals surface area contributed by atoms with Crippen LogP contribution < -0.4 is 10.2 Å². The molecule has 3 aliphatic rings. The Morgan fingerprint density at radius 3 is 2.67 bits per heavy atom. The summed E-state index contributed by atoms with van der Waals surface area (Å²) in [6.45, 7) is 6.14. The molecule has 1 aliphatic carbocycles. The fourth-order valence-corrected chi connectivity index (χ4v) is 5.92. The van der Waals surface area contributed by atoms with Crippen LogP contribution in [-0.4, -0.2) is 28.4 Å². The van der Waals surface area contributed by atoms with Gasteiger partial charge in [0.25, 0.3) is 0 Å². The van der Waals surface area contributed by atoms with Crippen LogP contribution in [0.3, 0.4) is 0 Å². The van der Waals surface area contributed by atoms with Crippen molar-refractivity contribution in [3.8, 4) is 0 Å². The topological polar surface area (TPSA) is 78.1 Å². The summed E-state index contributed by atoms with van der Waals surface area (Å²) in [5.74, 6) is 0.568. The summed E-state index contributed by atoms with van der Waals surface area (Å²) in [5, 5.41) is 11.0. The number of ketones is 1. The van der Waals surface area contributed by atoms with Gasteiger partial charge in [0.1, 0.15) is 5.41 Å². The molecule has 1 amide bonds. The molecule has 0 fully saturated rings. The molecule has 2 aliphatic heterocycles. The van der Waals surface area contributed by atoms with Crippen molar-refractivity contribution in [3.63, 3.8) is 0 Å². The van der Waals surface area contributed by atoms with E-state index in [1.54, 1.807) is 11.0 Å². The molecule has 1 spiro atoms. The molecule has 0 saturated heterocycles. The average Bonchev–Trinajstić information content (AvgIpc) is 3.31. The molecular weight excluding hydrogens is 412 g/mol. The summed E-state index contributed by atoms with van der Waals surface area (Å²) >= 11 is 0. The van der Waals surface area contributed by atoms with Gasteiger partial charge < -0.3 is 10.2 Å². The van der Waals surface area contributed by atoms with Crippen LogP contribution in [0.5, 0.6) is 0 Å². The maximum atomic E-state index is 14.3. The standard InChI is InChI=1S/C27H24N4O2/c1-3-13-31-21-12-8-7-11-19(21)27(26(31)33)23-16(2)29-30-25(23)28-20-14-18(15-22(32)24(20)27)17-9-5-4-6-10-17/h3-12,18H,1,13-15H2,2H3,(H2,28,29,30). The van der Waals surface area contributed by atoms with Gasteiger partial charge in [0.05, 0.1) is 0 Å². The Hall–Kier alpha value is -3.93. The molecule has 3 heterocycles. The zero-order valence-electron chi connectivity index (χ0n) is 18.4. The van der Waals surface area contributed by atoms with E-state index in [0.717, 1.165) is 33.8 Å². The van der Waals surface area contributed by atoms with E-state index < -0.39 is 5.41 Å². The summed E-state index contributed by atoms with van der Waals surface area (Å²) in [4.78, 5) is 30.0. The van der Waals surface area contributed by atoms with Crippen molar-refractivity contribution in [3.05, 3.63) is 101 Å². The Morgan fingerprint density at radius 1 is 1.12 bits per heavy atom. The number of amides is 1. The molecule has 33 heavy (non-hydrogen) atoms. The lowest BCUT2D eigenvalue weighted by atomic mass is 9.62. The molecule has 0 radical (unpaired) electrons. The predicted molar refractivity (Wildman–Crippen MR) is 127 cm³/mol. The molecule has 6 rings (SSSR count). The predicted octanol–water partition coefficient (Wildman–Crippen LogP) is 4.36. The lowest BCUT2D eigenvalue weighted by molar-refractivity contribution is -0.124. The van der Waals surface area contributed by atoms with Crippen molar-refractivity contribution in [2.24, 2.45) is 0 Å². The van der Waals surface area contributed by atoms with Crippen molar-refractivity contribution >= 4 is 23.2 Å². The Balaban J connectivity index is 1.62. The fraction of sp³-hybridized carbons (Fsp3) is 0.222. The van der Waals surface area contributed by atoms with Crippen LogP contribution in [0.1, 0.15) is 41.1 Å². The van der Waals surface area contributed by atoms with Gasteiger partial charge in [-0.05, 0) is 30.9 Å². The summed E-state index contributed by atoms with van der Waals surface area (Å²) in [6, 6.07) is 17.9. The van der Waals surface area contributed by atoms with E-state index in [9.17, 15) is 9.59 Å². The molecule has 0 saturated carbocycles. The second-order valence-corrected chi connectivity index (χ2v) is 8.96. The van der Waals surface area contributed by atoms with Crippen LogP contribution in [0, 0.1) is 6.92 Å². The number of H-pyrrole nitrogens is 1. The third-order valence-corrected chi connectivity index (χ3v) is 7.18. The molecular formula is C27H24N4O2. The quantitative estimate of drug-likeness (QED) is 0.598. The van der Waals surface area contributed by atoms with Crippen molar-refractivity contribution in [1.29, 1.82) is 0 Å². The van der Waals surface area contributed by atoms with Crippen LogP contribution in [0.4, 0.5) is 11.5 Å². The number of nitrogens with zero attached hydrogens (tertiary/aromatic N) is 2. The van der Waals surface area contributed by atoms with Crippen LogP contribution in [-0.2, 0) is 15.0 Å². The van der Waals surface area contributed by atoms with Crippen LogP contribution in [0.25, 0.3) is 0 Å². The minimum atomic E-state index is -1.20. The summed E-state index contributed by atoms with van der Waals surface area (Å²) in [7, 11) is 0. The Labute approximate surface area is 192 Å². The Morgan fingerprint density at radius 2 is 1.88 bits per heavy atom. The van der Waals surface area contributed by atoms with E-state index in [1.165, 1.54) is 0 Å².